The molecule has 0 spiro atoms. The SMILES string of the molecule is Brc1ccc2sc3ccc(-c4cc5c(c6ccccc46)C(c4ccccc4)(c4ccccc4)c4ccccc4-5)cc3c2c1. The first-order valence-electron chi connectivity index (χ1n) is 14.6. The molecule has 7 aromatic carbocycles. The molecule has 9 rings (SSSR count). The first-order chi connectivity index (χ1) is 21.2. The fourth-order valence-electron chi connectivity index (χ4n) is 7.47. The standard InChI is InChI=1S/C41H25BrS/c42-29-20-22-39-35(24-29)34-23-26(19-21-38(34)43-39)33-25-36-31-16-9-10-18-37(31)41(27-11-3-1-4-12-27,28-13-5-2-6-14-28)40(36)32-17-8-7-15-30(32)33/h1-25H. The van der Waals surface area contributed by atoms with Crippen LogP contribution in [0.5, 0.6) is 0 Å². The number of thiophene rings is 1. The van der Waals surface area contributed by atoms with Crippen molar-refractivity contribution in [3.8, 4) is 22.3 Å². The Kier molecular flexibility index (Phi) is 5.53. The van der Waals surface area contributed by atoms with Crippen LogP contribution in [0.2, 0.25) is 0 Å². The molecule has 0 nitrogen and oxygen atoms in total. The van der Waals surface area contributed by atoms with Crippen LogP contribution in [0.3, 0.4) is 0 Å². The first-order valence-corrected chi connectivity index (χ1v) is 16.2. The van der Waals surface area contributed by atoms with Crippen LogP contribution >= 0.6 is 27.3 Å². The van der Waals surface area contributed by atoms with Gasteiger partial charge in [0, 0.05) is 24.6 Å². The van der Waals surface area contributed by atoms with Gasteiger partial charge < -0.3 is 0 Å². The highest BCUT2D eigenvalue weighted by Gasteiger charge is 2.47. The highest BCUT2D eigenvalue weighted by atomic mass is 79.9. The first kappa shape index (κ1) is 25.0. The Labute approximate surface area is 263 Å². The van der Waals surface area contributed by atoms with Crippen LogP contribution in [0, 0.1) is 0 Å². The van der Waals surface area contributed by atoms with E-state index in [1.54, 1.807) is 0 Å². The van der Waals surface area contributed by atoms with Crippen LogP contribution in [-0.4, -0.2) is 0 Å². The Hall–Kier alpha value is -4.50. The van der Waals surface area contributed by atoms with Gasteiger partial charge in [-0.3, -0.25) is 0 Å². The van der Waals surface area contributed by atoms with E-state index in [4.69, 9.17) is 0 Å². The largest absolute Gasteiger partial charge is 0.135 e. The smallest absolute Gasteiger partial charge is 0.0719 e. The average molecular weight is 630 g/mol. The summed E-state index contributed by atoms with van der Waals surface area (Å²) in [5.41, 5.74) is 10.0. The second kappa shape index (κ2) is 9.50. The molecule has 1 heterocycles. The van der Waals surface area contributed by atoms with Crippen molar-refractivity contribution in [3.63, 3.8) is 0 Å². The monoisotopic (exact) mass is 628 g/mol. The minimum absolute atomic E-state index is 0.424. The summed E-state index contributed by atoms with van der Waals surface area (Å²) in [6.45, 7) is 0. The van der Waals surface area contributed by atoms with E-state index in [1.807, 2.05) is 11.3 Å². The average Bonchev–Trinajstić information content (AvgIpc) is 3.58. The molecule has 1 aliphatic rings. The van der Waals surface area contributed by atoms with Crippen molar-refractivity contribution in [2.45, 2.75) is 5.41 Å². The Morgan fingerprint density at radius 1 is 0.442 bits per heavy atom. The maximum atomic E-state index is 3.70. The summed E-state index contributed by atoms with van der Waals surface area (Å²) in [4.78, 5) is 0. The molecule has 0 N–H and O–H groups in total. The second-order valence-electron chi connectivity index (χ2n) is 11.4. The number of hydrogen-bond acceptors (Lipinski definition) is 1. The maximum Gasteiger partial charge on any atom is 0.0719 e. The quantitative estimate of drug-likeness (QED) is 0.182. The number of fused-ring (bicyclic) bond motifs is 8. The fraction of sp³-hybridized carbons (Fsp3) is 0.0244. The lowest BCUT2D eigenvalue weighted by Gasteiger charge is -2.35. The molecular weight excluding hydrogens is 604 g/mol. The van der Waals surface area contributed by atoms with Crippen molar-refractivity contribution in [2.75, 3.05) is 0 Å². The molecule has 1 aromatic heterocycles. The summed E-state index contributed by atoms with van der Waals surface area (Å²) in [7, 11) is 0. The summed E-state index contributed by atoms with van der Waals surface area (Å²) < 4.78 is 3.75. The zero-order valence-corrected chi connectivity index (χ0v) is 25.6. The van der Waals surface area contributed by atoms with Crippen molar-refractivity contribution in [3.05, 3.63) is 178 Å². The third kappa shape index (κ3) is 3.54. The molecule has 1 aliphatic carbocycles. The van der Waals surface area contributed by atoms with Crippen LogP contribution < -0.4 is 0 Å². The number of rotatable bonds is 3. The molecule has 0 amide bonds. The molecule has 0 unspecified atom stereocenters. The molecule has 8 aromatic rings. The molecule has 0 saturated heterocycles. The van der Waals surface area contributed by atoms with E-state index in [0.717, 1.165) is 4.47 Å². The summed E-state index contributed by atoms with van der Waals surface area (Å²) in [6, 6.07) is 56.3. The van der Waals surface area contributed by atoms with Gasteiger partial charge in [0.05, 0.1) is 5.41 Å². The zero-order chi connectivity index (χ0) is 28.5. The van der Waals surface area contributed by atoms with Gasteiger partial charge >= 0.3 is 0 Å². The number of halogens is 1. The van der Waals surface area contributed by atoms with Gasteiger partial charge in [0.15, 0.2) is 0 Å². The predicted octanol–water partition coefficient (Wildman–Crippen LogP) is 12.0. The molecular formula is C41H25BrS. The molecule has 0 aliphatic heterocycles. The van der Waals surface area contributed by atoms with Gasteiger partial charge in [-0.25, -0.2) is 0 Å². The summed E-state index contributed by atoms with van der Waals surface area (Å²) in [6.07, 6.45) is 0. The summed E-state index contributed by atoms with van der Waals surface area (Å²) in [5, 5.41) is 5.20. The van der Waals surface area contributed by atoms with Crippen molar-refractivity contribution in [1.29, 1.82) is 0 Å². The number of benzene rings is 7. The van der Waals surface area contributed by atoms with Crippen molar-refractivity contribution < 1.29 is 0 Å². The lowest BCUT2D eigenvalue weighted by molar-refractivity contribution is 0.775. The number of hydrogen-bond donors (Lipinski definition) is 0. The summed E-state index contributed by atoms with van der Waals surface area (Å²) >= 11 is 5.56. The topological polar surface area (TPSA) is 0 Å². The normalized spacial score (nSPS) is 13.4. The van der Waals surface area contributed by atoms with Crippen LogP contribution in [0.1, 0.15) is 22.3 Å². The maximum absolute atomic E-state index is 3.70. The molecule has 2 heteroatoms. The third-order valence-electron chi connectivity index (χ3n) is 9.20. The molecule has 0 saturated carbocycles. The van der Waals surface area contributed by atoms with Gasteiger partial charge in [-0.2, -0.15) is 0 Å². The van der Waals surface area contributed by atoms with E-state index in [9.17, 15) is 0 Å². The van der Waals surface area contributed by atoms with Crippen LogP contribution in [0.4, 0.5) is 0 Å². The Morgan fingerprint density at radius 3 is 1.79 bits per heavy atom. The second-order valence-corrected chi connectivity index (χ2v) is 13.4. The molecule has 0 radical (unpaired) electrons. The van der Waals surface area contributed by atoms with Crippen LogP contribution in [0.15, 0.2) is 156 Å². The Balaban J connectivity index is 1.42. The lowest BCUT2D eigenvalue weighted by Crippen LogP contribution is -2.28. The van der Waals surface area contributed by atoms with Gasteiger partial charge in [-0.05, 0) is 91.7 Å². The Morgan fingerprint density at radius 2 is 1.05 bits per heavy atom. The van der Waals surface area contributed by atoms with Crippen LogP contribution in [-0.2, 0) is 5.41 Å². The summed E-state index contributed by atoms with van der Waals surface area (Å²) in [5.74, 6) is 0. The van der Waals surface area contributed by atoms with E-state index in [1.165, 1.54) is 75.5 Å². The van der Waals surface area contributed by atoms with Gasteiger partial charge in [0.1, 0.15) is 0 Å². The molecule has 0 bridgehead atoms. The van der Waals surface area contributed by atoms with Gasteiger partial charge in [0.2, 0.25) is 0 Å². The van der Waals surface area contributed by atoms with E-state index in [-0.39, 0.29) is 0 Å². The van der Waals surface area contributed by atoms with E-state index < -0.39 is 5.41 Å². The van der Waals surface area contributed by atoms with Gasteiger partial charge in [0.25, 0.3) is 0 Å². The molecule has 0 fully saturated rings. The zero-order valence-electron chi connectivity index (χ0n) is 23.2. The van der Waals surface area contributed by atoms with E-state index in [2.05, 4.69) is 168 Å². The third-order valence-corrected chi connectivity index (χ3v) is 10.8. The van der Waals surface area contributed by atoms with Crippen molar-refractivity contribution in [1.82, 2.24) is 0 Å². The molecule has 0 atom stereocenters. The van der Waals surface area contributed by atoms with Crippen molar-refractivity contribution >= 4 is 58.2 Å². The van der Waals surface area contributed by atoms with Gasteiger partial charge in [-0.1, -0.05) is 131 Å². The minimum atomic E-state index is -0.424. The molecule has 202 valence electrons. The predicted molar refractivity (Wildman–Crippen MR) is 187 cm³/mol. The van der Waals surface area contributed by atoms with Gasteiger partial charge in [-0.15, -0.1) is 11.3 Å². The highest BCUT2D eigenvalue weighted by Crippen LogP contribution is 2.59. The van der Waals surface area contributed by atoms with E-state index >= 15 is 0 Å². The minimum Gasteiger partial charge on any atom is -0.135 e. The van der Waals surface area contributed by atoms with E-state index in [0.29, 0.717) is 0 Å². The fourth-order valence-corrected chi connectivity index (χ4v) is 8.90. The Bertz CT molecular complexity index is 2310. The lowest BCUT2D eigenvalue weighted by atomic mass is 9.66. The molecule has 43 heavy (non-hydrogen) atoms. The van der Waals surface area contributed by atoms with Crippen LogP contribution in [0.25, 0.3) is 53.2 Å². The van der Waals surface area contributed by atoms with Crippen molar-refractivity contribution in [2.24, 2.45) is 0 Å². The highest BCUT2D eigenvalue weighted by molar-refractivity contribution is 9.10.